The highest BCUT2D eigenvalue weighted by Gasteiger charge is 1.93. The maximum atomic E-state index is 9.63. The van der Waals surface area contributed by atoms with E-state index in [1.165, 1.54) is 0 Å². The van der Waals surface area contributed by atoms with Crippen LogP contribution < -0.4 is 0 Å². The van der Waals surface area contributed by atoms with Crippen LogP contribution in [0.3, 0.4) is 0 Å². The molecule has 0 aromatic heterocycles. The van der Waals surface area contributed by atoms with Gasteiger partial charge in [-0.2, -0.15) is 0 Å². The Hall–Kier alpha value is -0.770. The van der Waals surface area contributed by atoms with Gasteiger partial charge in [0.2, 0.25) is 0 Å². The van der Waals surface area contributed by atoms with Crippen LogP contribution in [0.15, 0.2) is 0 Å². The molecule has 0 heterocycles. The summed E-state index contributed by atoms with van der Waals surface area (Å²) in [5.41, 5.74) is 0. The molecule has 0 aromatic carbocycles. The van der Waals surface area contributed by atoms with Crippen LogP contribution in [0.25, 0.3) is 0 Å². The molecule has 0 bridgehead atoms. The van der Waals surface area contributed by atoms with Crippen molar-refractivity contribution in [3.05, 3.63) is 0 Å². The minimum absolute atomic E-state index is 0.219. The lowest BCUT2D eigenvalue weighted by atomic mass is 10.1. The molecule has 0 fully saturated rings. The average molecular weight is 109 g/mol. The maximum Gasteiger partial charge on any atom is 0.198 e. The molecule has 0 spiro atoms. The summed E-state index contributed by atoms with van der Waals surface area (Å²) in [6, 6.07) is 0. The zero-order valence-corrected chi connectivity index (χ0v) is 4.98. The molecule has 1 heteroatoms. The third kappa shape index (κ3) is 3.42. The van der Waals surface area contributed by atoms with Crippen LogP contribution in [-0.2, 0) is 4.79 Å². The van der Waals surface area contributed by atoms with Crippen molar-refractivity contribution < 1.29 is 4.79 Å². The molecule has 0 saturated carbocycles. The molecule has 0 rings (SSSR count). The Labute approximate surface area is 50.1 Å². The van der Waals surface area contributed by atoms with E-state index < -0.39 is 0 Å². The first kappa shape index (κ1) is 7.23. The monoisotopic (exact) mass is 109 g/mol. The number of hydrogen-bond donors (Lipinski definition) is 0. The van der Waals surface area contributed by atoms with Crippen LogP contribution in [-0.4, -0.2) is 6.29 Å². The molecule has 1 nitrogen and oxygen atoms in total. The molecule has 0 amide bonds. The van der Waals surface area contributed by atoms with Gasteiger partial charge in [0.25, 0.3) is 0 Å². The zero-order valence-electron chi connectivity index (χ0n) is 4.98. The number of terminal acetylenes is 1. The van der Waals surface area contributed by atoms with E-state index in [0.717, 1.165) is 6.42 Å². The Morgan fingerprint density at radius 2 is 2.38 bits per heavy atom. The van der Waals surface area contributed by atoms with Gasteiger partial charge in [-0.1, -0.05) is 6.92 Å². The van der Waals surface area contributed by atoms with E-state index in [-0.39, 0.29) is 5.92 Å². The van der Waals surface area contributed by atoms with Crippen LogP contribution in [0.2, 0.25) is 0 Å². The summed E-state index contributed by atoms with van der Waals surface area (Å²) in [5, 5.41) is 0. The molecule has 0 aliphatic heterocycles. The molecule has 1 unspecified atom stereocenters. The standard InChI is InChI=1S/C7H9O/c1-3-7(2)5-4-6-8/h1,7H,4-5H2,2H3. The largest absolute Gasteiger partial charge is 0.291 e. The second kappa shape index (κ2) is 4.39. The quantitative estimate of drug-likeness (QED) is 0.497. The highest BCUT2D eigenvalue weighted by molar-refractivity contribution is 5.50. The molecular formula is C7H9O. The second-order valence-electron chi connectivity index (χ2n) is 1.75. The van der Waals surface area contributed by atoms with Crippen molar-refractivity contribution >= 4 is 6.29 Å². The van der Waals surface area contributed by atoms with Gasteiger partial charge in [-0.15, -0.1) is 12.3 Å². The van der Waals surface area contributed by atoms with E-state index in [2.05, 4.69) is 5.92 Å². The van der Waals surface area contributed by atoms with Crippen LogP contribution in [0.4, 0.5) is 0 Å². The Morgan fingerprint density at radius 1 is 1.75 bits per heavy atom. The molecule has 0 aromatic rings. The van der Waals surface area contributed by atoms with Gasteiger partial charge < -0.3 is 0 Å². The van der Waals surface area contributed by atoms with Crippen molar-refractivity contribution in [3.8, 4) is 12.3 Å². The molecule has 0 saturated heterocycles. The smallest absolute Gasteiger partial charge is 0.198 e. The van der Waals surface area contributed by atoms with Gasteiger partial charge in [-0.25, -0.2) is 0 Å². The topological polar surface area (TPSA) is 17.1 Å². The van der Waals surface area contributed by atoms with Gasteiger partial charge in [0.05, 0.1) is 0 Å². The predicted octanol–water partition coefficient (Wildman–Crippen LogP) is 1.15. The first-order valence-electron chi connectivity index (χ1n) is 2.62. The third-order valence-electron chi connectivity index (χ3n) is 0.964. The summed E-state index contributed by atoms with van der Waals surface area (Å²) in [4.78, 5) is 9.63. The Bertz CT molecular complexity index is 99.4. The van der Waals surface area contributed by atoms with E-state index in [1.807, 2.05) is 6.92 Å². The van der Waals surface area contributed by atoms with Gasteiger partial charge in [-0.3, -0.25) is 4.79 Å². The van der Waals surface area contributed by atoms with Crippen LogP contribution in [0.5, 0.6) is 0 Å². The predicted molar refractivity (Wildman–Crippen MR) is 32.9 cm³/mol. The molecule has 0 aliphatic carbocycles. The Kier molecular flexibility index (Phi) is 3.97. The van der Waals surface area contributed by atoms with Gasteiger partial charge >= 0.3 is 0 Å². The van der Waals surface area contributed by atoms with Gasteiger partial charge in [0.15, 0.2) is 6.29 Å². The fourth-order valence-electron chi connectivity index (χ4n) is 0.359. The summed E-state index contributed by atoms with van der Waals surface area (Å²) < 4.78 is 0. The van der Waals surface area contributed by atoms with E-state index in [4.69, 9.17) is 6.42 Å². The van der Waals surface area contributed by atoms with Crippen LogP contribution >= 0.6 is 0 Å². The molecule has 8 heavy (non-hydrogen) atoms. The first-order valence-corrected chi connectivity index (χ1v) is 2.62. The number of carbonyl (C=O) groups excluding carboxylic acids is 1. The maximum absolute atomic E-state index is 9.63. The lowest BCUT2D eigenvalue weighted by Gasteiger charge is -1.94. The first-order chi connectivity index (χ1) is 3.81. The van der Waals surface area contributed by atoms with E-state index in [9.17, 15) is 4.79 Å². The summed E-state index contributed by atoms with van der Waals surface area (Å²) in [5.74, 6) is 2.74. The minimum Gasteiger partial charge on any atom is -0.291 e. The fourth-order valence-corrected chi connectivity index (χ4v) is 0.359. The highest BCUT2D eigenvalue weighted by atomic mass is 16.1. The van der Waals surface area contributed by atoms with Gasteiger partial charge in [0.1, 0.15) is 0 Å². The van der Waals surface area contributed by atoms with Crippen molar-refractivity contribution in [1.29, 1.82) is 0 Å². The summed E-state index contributed by atoms with van der Waals surface area (Å²) in [7, 11) is 0. The number of rotatable bonds is 3. The lowest BCUT2D eigenvalue weighted by molar-refractivity contribution is 0.542. The second-order valence-corrected chi connectivity index (χ2v) is 1.75. The fraction of sp³-hybridized carbons (Fsp3) is 0.571. The Morgan fingerprint density at radius 3 is 2.75 bits per heavy atom. The zero-order chi connectivity index (χ0) is 6.41. The van der Waals surface area contributed by atoms with Crippen LogP contribution in [0, 0.1) is 18.3 Å². The molecule has 1 atom stereocenters. The lowest BCUT2D eigenvalue weighted by Crippen LogP contribution is -1.88. The van der Waals surface area contributed by atoms with Crippen molar-refractivity contribution in [2.75, 3.05) is 0 Å². The highest BCUT2D eigenvalue weighted by Crippen LogP contribution is 1.99. The molecule has 0 N–H and O–H groups in total. The molecule has 43 valence electrons. The SMILES string of the molecule is C#CC(C)CC[C]=O. The summed E-state index contributed by atoms with van der Waals surface area (Å²) in [6.45, 7) is 1.91. The van der Waals surface area contributed by atoms with Crippen molar-refractivity contribution in [2.45, 2.75) is 19.8 Å². The van der Waals surface area contributed by atoms with E-state index >= 15 is 0 Å². The molecule has 1 radical (unpaired) electrons. The van der Waals surface area contributed by atoms with E-state index in [0.29, 0.717) is 6.42 Å². The van der Waals surface area contributed by atoms with Crippen molar-refractivity contribution in [2.24, 2.45) is 5.92 Å². The molecule has 0 aliphatic rings. The third-order valence-corrected chi connectivity index (χ3v) is 0.964. The minimum atomic E-state index is 0.219. The normalized spacial score (nSPS) is 12.0. The van der Waals surface area contributed by atoms with E-state index in [1.54, 1.807) is 6.29 Å². The van der Waals surface area contributed by atoms with Crippen LogP contribution in [0.1, 0.15) is 19.8 Å². The van der Waals surface area contributed by atoms with Crippen molar-refractivity contribution in [1.82, 2.24) is 0 Å². The van der Waals surface area contributed by atoms with Crippen molar-refractivity contribution in [3.63, 3.8) is 0 Å². The summed E-state index contributed by atoms with van der Waals surface area (Å²) in [6.07, 6.45) is 8.05. The molecular weight excluding hydrogens is 100 g/mol. The number of hydrogen-bond acceptors (Lipinski definition) is 1. The summed E-state index contributed by atoms with van der Waals surface area (Å²) >= 11 is 0. The van der Waals surface area contributed by atoms with Gasteiger partial charge in [0, 0.05) is 12.3 Å². The van der Waals surface area contributed by atoms with Gasteiger partial charge in [-0.05, 0) is 6.42 Å². The Balaban J connectivity index is 3.14. The average Bonchev–Trinajstić information content (AvgIpc) is 1.83.